The molecule has 122 valence electrons. The fourth-order valence-electron chi connectivity index (χ4n) is 1.94. The van der Waals surface area contributed by atoms with Gasteiger partial charge in [-0.2, -0.15) is 5.10 Å². The van der Waals surface area contributed by atoms with Crippen molar-refractivity contribution in [3.05, 3.63) is 54.0 Å². The summed E-state index contributed by atoms with van der Waals surface area (Å²) in [5, 5.41) is 11.3. The van der Waals surface area contributed by atoms with Crippen LogP contribution in [-0.2, 0) is 4.74 Å². The van der Waals surface area contributed by atoms with Crippen molar-refractivity contribution in [2.45, 2.75) is 0 Å². The lowest BCUT2D eigenvalue weighted by Crippen LogP contribution is -2.10. The Labute approximate surface area is 136 Å². The Balaban J connectivity index is 1.69. The van der Waals surface area contributed by atoms with Crippen LogP contribution in [0.1, 0.15) is 16.1 Å². The van der Waals surface area contributed by atoms with E-state index in [1.807, 2.05) is 0 Å². The van der Waals surface area contributed by atoms with Gasteiger partial charge in [0.1, 0.15) is 17.8 Å². The first-order chi connectivity index (χ1) is 11.7. The Morgan fingerprint density at radius 2 is 2.12 bits per heavy atom. The summed E-state index contributed by atoms with van der Waals surface area (Å²) in [7, 11) is 1.34. The van der Waals surface area contributed by atoms with Crippen molar-refractivity contribution in [3.63, 3.8) is 0 Å². The Bertz CT molecular complexity index is 865. The molecule has 1 aromatic carbocycles. The van der Waals surface area contributed by atoms with E-state index < -0.39 is 0 Å². The van der Waals surface area contributed by atoms with Gasteiger partial charge in [-0.3, -0.25) is 0 Å². The number of esters is 1. The summed E-state index contributed by atoms with van der Waals surface area (Å²) in [6.07, 6.45) is 2.84. The summed E-state index contributed by atoms with van der Waals surface area (Å²) in [6.45, 7) is 0. The molecule has 0 radical (unpaired) electrons. The minimum atomic E-state index is -0.382. The van der Waals surface area contributed by atoms with Crippen LogP contribution in [0.4, 0.5) is 5.95 Å². The van der Waals surface area contributed by atoms with E-state index in [9.17, 15) is 4.79 Å². The third kappa shape index (κ3) is 3.24. The van der Waals surface area contributed by atoms with Gasteiger partial charge >= 0.3 is 5.97 Å². The summed E-state index contributed by atoms with van der Waals surface area (Å²) in [5.74, 6) is 6.65. The minimum Gasteiger partial charge on any atom is -0.465 e. The molecule has 3 rings (SSSR count). The Kier molecular flexibility index (Phi) is 4.23. The van der Waals surface area contributed by atoms with Gasteiger partial charge < -0.3 is 15.0 Å². The first-order valence-electron chi connectivity index (χ1n) is 6.90. The number of hydrogen-bond donors (Lipinski definition) is 2. The van der Waals surface area contributed by atoms with E-state index in [-0.39, 0.29) is 5.97 Å². The van der Waals surface area contributed by atoms with Crippen LogP contribution in [0.3, 0.4) is 0 Å². The zero-order chi connectivity index (χ0) is 16.9. The van der Waals surface area contributed by atoms with Gasteiger partial charge in [-0.15, -0.1) is 10.2 Å². The van der Waals surface area contributed by atoms with Gasteiger partial charge in [-0.05, 0) is 24.3 Å². The predicted octanol–water partition coefficient (Wildman–Crippen LogP) is 1.48. The van der Waals surface area contributed by atoms with Crippen molar-refractivity contribution in [1.82, 2.24) is 14.9 Å². The number of nitrogens with zero attached hydrogens (tertiary/aromatic N) is 4. The number of rotatable bonds is 5. The molecule has 0 unspecified atom stereocenters. The number of aromatic nitrogens is 3. The lowest BCUT2D eigenvalue weighted by Gasteiger charge is -2.00. The second kappa shape index (κ2) is 6.65. The lowest BCUT2D eigenvalue weighted by molar-refractivity contribution is 0.0601. The highest BCUT2D eigenvalue weighted by Gasteiger charge is 2.07. The number of hydrazone groups is 1. The largest absolute Gasteiger partial charge is 0.465 e. The zero-order valence-electron chi connectivity index (χ0n) is 12.7. The molecule has 0 saturated heterocycles. The van der Waals surface area contributed by atoms with Crippen LogP contribution in [-0.4, -0.2) is 34.2 Å². The maximum absolute atomic E-state index is 11.4. The van der Waals surface area contributed by atoms with Gasteiger partial charge in [-0.1, -0.05) is 12.1 Å². The SMILES string of the molecule is COC(=O)c1ccc(-c2ccc(C=NNc3nncn3N)o2)cc1. The lowest BCUT2D eigenvalue weighted by atomic mass is 10.1. The highest BCUT2D eigenvalue weighted by Crippen LogP contribution is 2.22. The molecule has 0 spiro atoms. The van der Waals surface area contributed by atoms with Gasteiger partial charge in [0.25, 0.3) is 5.95 Å². The van der Waals surface area contributed by atoms with Crippen LogP contribution in [0, 0.1) is 0 Å². The number of methoxy groups -OCH3 is 1. The number of benzene rings is 1. The third-order valence-electron chi connectivity index (χ3n) is 3.15. The predicted molar refractivity (Wildman–Crippen MR) is 86.9 cm³/mol. The number of nitrogen functional groups attached to an aromatic ring is 1. The van der Waals surface area contributed by atoms with Gasteiger partial charge in [0, 0.05) is 5.56 Å². The average molecular weight is 326 g/mol. The van der Waals surface area contributed by atoms with E-state index in [0.717, 1.165) is 5.56 Å². The van der Waals surface area contributed by atoms with Crippen molar-refractivity contribution in [2.24, 2.45) is 5.10 Å². The molecule has 2 aromatic heterocycles. The molecule has 9 heteroatoms. The molecule has 0 aliphatic heterocycles. The van der Waals surface area contributed by atoms with Crippen LogP contribution < -0.4 is 11.3 Å². The molecule has 0 saturated carbocycles. The maximum Gasteiger partial charge on any atom is 0.337 e. The van der Waals surface area contributed by atoms with Crippen molar-refractivity contribution in [3.8, 4) is 11.3 Å². The van der Waals surface area contributed by atoms with Crippen LogP contribution >= 0.6 is 0 Å². The first kappa shape index (κ1) is 15.3. The van der Waals surface area contributed by atoms with E-state index in [4.69, 9.17) is 10.3 Å². The number of hydrogen-bond acceptors (Lipinski definition) is 8. The van der Waals surface area contributed by atoms with Gasteiger partial charge in [0.15, 0.2) is 0 Å². The first-order valence-corrected chi connectivity index (χ1v) is 6.90. The van der Waals surface area contributed by atoms with Gasteiger partial charge in [0.05, 0.1) is 18.9 Å². The van der Waals surface area contributed by atoms with Crippen molar-refractivity contribution in [1.29, 1.82) is 0 Å². The van der Waals surface area contributed by atoms with Crippen molar-refractivity contribution in [2.75, 3.05) is 18.4 Å². The van der Waals surface area contributed by atoms with Crippen molar-refractivity contribution < 1.29 is 13.9 Å². The number of carbonyl (C=O) groups is 1. The molecule has 0 atom stereocenters. The molecule has 9 nitrogen and oxygen atoms in total. The van der Waals surface area contributed by atoms with Gasteiger partial charge in [0.2, 0.25) is 0 Å². The number of nitrogens with two attached hydrogens (primary N) is 1. The normalized spacial score (nSPS) is 10.9. The van der Waals surface area contributed by atoms with Crippen molar-refractivity contribution >= 4 is 18.1 Å². The molecule has 0 bridgehead atoms. The highest BCUT2D eigenvalue weighted by molar-refractivity contribution is 5.89. The molecule has 3 N–H and O–H groups in total. The van der Waals surface area contributed by atoms with Crippen LogP contribution in [0.25, 0.3) is 11.3 Å². The highest BCUT2D eigenvalue weighted by atomic mass is 16.5. The number of nitrogens with one attached hydrogen (secondary N) is 1. The number of ether oxygens (including phenoxy) is 1. The van der Waals surface area contributed by atoms with Crippen LogP contribution in [0.2, 0.25) is 0 Å². The van der Waals surface area contributed by atoms with Crippen LogP contribution in [0.15, 0.2) is 52.2 Å². The molecular weight excluding hydrogens is 312 g/mol. The fourth-order valence-corrected chi connectivity index (χ4v) is 1.94. The van der Waals surface area contributed by atoms with E-state index >= 15 is 0 Å². The maximum atomic E-state index is 11.4. The van der Waals surface area contributed by atoms with E-state index in [1.54, 1.807) is 36.4 Å². The molecule has 0 amide bonds. The second-order valence-electron chi connectivity index (χ2n) is 4.70. The summed E-state index contributed by atoms with van der Waals surface area (Å²) in [6, 6.07) is 10.5. The molecular formula is C15H14N6O3. The van der Waals surface area contributed by atoms with E-state index in [1.165, 1.54) is 24.3 Å². The topological polar surface area (TPSA) is 121 Å². The Hall–Kier alpha value is -3.62. The molecule has 2 heterocycles. The smallest absolute Gasteiger partial charge is 0.337 e. The summed E-state index contributed by atoms with van der Waals surface area (Å²) >= 11 is 0. The Morgan fingerprint density at radius 3 is 2.79 bits per heavy atom. The Morgan fingerprint density at radius 1 is 1.33 bits per heavy atom. The van der Waals surface area contributed by atoms with Gasteiger partial charge in [-0.25, -0.2) is 14.9 Å². The van der Waals surface area contributed by atoms with E-state index in [0.29, 0.717) is 23.0 Å². The monoisotopic (exact) mass is 326 g/mol. The molecule has 3 aromatic rings. The molecule has 0 aliphatic carbocycles. The molecule has 0 aliphatic rings. The number of anilines is 1. The zero-order valence-corrected chi connectivity index (χ0v) is 12.7. The average Bonchev–Trinajstić information content (AvgIpc) is 3.24. The third-order valence-corrected chi connectivity index (χ3v) is 3.15. The standard InChI is InChI=1S/C15H14N6O3/c1-23-14(22)11-4-2-10(3-5-11)13-7-6-12(24-13)8-17-19-15-20-18-9-21(15)16/h2-9H,16H2,1H3,(H,19,20). The summed E-state index contributed by atoms with van der Waals surface area (Å²) < 4.78 is 11.5. The quantitative estimate of drug-likeness (QED) is 0.315. The number of furan rings is 1. The summed E-state index contributed by atoms with van der Waals surface area (Å²) in [4.78, 5) is 11.4. The van der Waals surface area contributed by atoms with E-state index in [2.05, 4.69) is 25.5 Å². The summed E-state index contributed by atoms with van der Waals surface area (Å²) in [5.41, 5.74) is 3.95. The second-order valence-corrected chi connectivity index (χ2v) is 4.70. The molecule has 24 heavy (non-hydrogen) atoms. The van der Waals surface area contributed by atoms with Crippen LogP contribution in [0.5, 0.6) is 0 Å². The molecule has 0 fully saturated rings. The number of carbonyl (C=O) groups excluding carboxylic acids is 1. The minimum absolute atomic E-state index is 0.302. The fraction of sp³-hybridized carbons (Fsp3) is 0.0667.